The number of hydrogen-bond acceptors (Lipinski definition) is 5. The number of hydrogen-bond donors (Lipinski definition) is 0. The van der Waals surface area contributed by atoms with Crippen LogP contribution in [0.15, 0.2) is 108 Å². The maximum atomic E-state index is 14.3. The molecular formula is C29H19BrN4OS. The lowest BCUT2D eigenvalue weighted by atomic mass is 10.0. The molecule has 0 fully saturated rings. The van der Waals surface area contributed by atoms with Crippen molar-refractivity contribution >= 4 is 59.4 Å². The molecule has 0 aliphatic heterocycles. The smallest absolute Gasteiger partial charge is 0.261 e. The van der Waals surface area contributed by atoms with Gasteiger partial charge >= 0.3 is 0 Å². The van der Waals surface area contributed by atoms with Crippen molar-refractivity contribution in [1.29, 1.82) is 0 Å². The summed E-state index contributed by atoms with van der Waals surface area (Å²) in [4.78, 5) is 30.0. The quantitative estimate of drug-likeness (QED) is 0.223. The lowest BCUT2D eigenvalue weighted by Crippen LogP contribution is -2.30. The lowest BCUT2D eigenvalue weighted by Gasteiger charge is -2.21. The molecule has 0 radical (unpaired) electrons. The molecule has 3 aromatic carbocycles. The number of benzene rings is 3. The van der Waals surface area contributed by atoms with Gasteiger partial charge in [0, 0.05) is 27.8 Å². The summed E-state index contributed by atoms with van der Waals surface area (Å²) in [5.74, 6) is -0.132. The van der Waals surface area contributed by atoms with Crippen LogP contribution in [0.1, 0.15) is 15.9 Å². The third-order valence-electron chi connectivity index (χ3n) is 5.89. The fourth-order valence-electron chi connectivity index (χ4n) is 4.16. The number of pyridine rings is 2. The van der Waals surface area contributed by atoms with Gasteiger partial charge in [0.05, 0.1) is 33.5 Å². The van der Waals surface area contributed by atoms with E-state index in [2.05, 4.69) is 20.9 Å². The molecular weight excluding hydrogens is 532 g/mol. The Kier molecular flexibility index (Phi) is 6.01. The van der Waals surface area contributed by atoms with Gasteiger partial charge in [-0.1, -0.05) is 81.9 Å². The predicted octanol–water partition coefficient (Wildman–Crippen LogP) is 7.52. The number of nitrogens with zero attached hydrogens (tertiary/aromatic N) is 4. The SMILES string of the molecule is O=C(c1cc(-c2ccccc2)nc2ccccc12)N(Cc1cccnc1)c1nc2ccc(Br)cc2s1. The van der Waals surface area contributed by atoms with Crippen LogP contribution in [-0.2, 0) is 6.54 Å². The first-order chi connectivity index (χ1) is 17.7. The second-order valence-electron chi connectivity index (χ2n) is 8.30. The summed E-state index contributed by atoms with van der Waals surface area (Å²) >= 11 is 5.03. The molecule has 0 saturated carbocycles. The van der Waals surface area contributed by atoms with Gasteiger partial charge < -0.3 is 0 Å². The Bertz CT molecular complexity index is 1700. The van der Waals surface area contributed by atoms with Gasteiger partial charge in [-0.15, -0.1) is 0 Å². The zero-order valence-corrected chi connectivity index (χ0v) is 21.4. The molecule has 0 spiro atoms. The van der Waals surface area contributed by atoms with E-state index < -0.39 is 0 Å². The van der Waals surface area contributed by atoms with Gasteiger partial charge in [-0.2, -0.15) is 0 Å². The highest BCUT2D eigenvalue weighted by Crippen LogP contribution is 2.34. The number of fused-ring (bicyclic) bond motifs is 2. The topological polar surface area (TPSA) is 59.0 Å². The molecule has 6 aromatic rings. The van der Waals surface area contributed by atoms with Gasteiger partial charge in [0.1, 0.15) is 0 Å². The third kappa shape index (κ3) is 4.39. The van der Waals surface area contributed by atoms with E-state index in [1.807, 2.05) is 91.0 Å². The Morgan fingerprint density at radius 1 is 0.861 bits per heavy atom. The van der Waals surface area contributed by atoms with Crippen molar-refractivity contribution in [3.8, 4) is 11.3 Å². The fraction of sp³-hybridized carbons (Fsp3) is 0.0345. The number of halogens is 1. The normalized spacial score (nSPS) is 11.1. The molecule has 0 unspecified atom stereocenters. The zero-order chi connectivity index (χ0) is 24.5. The highest BCUT2D eigenvalue weighted by molar-refractivity contribution is 9.10. The van der Waals surface area contributed by atoms with Gasteiger partial charge in [-0.25, -0.2) is 9.97 Å². The second kappa shape index (κ2) is 9.60. The van der Waals surface area contributed by atoms with Crippen LogP contribution in [0.3, 0.4) is 0 Å². The van der Waals surface area contributed by atoms with Crippen LogP contribution in [0.5, 0.6) is 0 Å². The largest absolute Gasteiger partial charge is 0.279 e. The van der Waals surface area contributed by atoms with Crippen LogP contribution in [0.2, 0.25) is 0 Å². The average Bonchev–Trinajstić information content (AvgIpc) is 3.34. The number of thiazole rings is 1. The summed E-state index contributed by atoms with van der Waals surface area (Å²) in [7, 11) is 0. The Morgan fingerprint density at radius 3 is 2.53 bits per heavy atom. The van der Waals surface area contributed by atoms with Crippen LogP contribution >= 0.6 is 27.3 Å². The van der Waals surface area contributed by atoms with Crippen molar-refractivity contribution < 1.29 is 4.79 Å². The summed E-state index contributed by atoms with van der Waals surface area (Å²) in [6, 6.07) is 29.4. The molecule has 0 aliphatic rings. The second-order valence-corrected chi connectivity index (χ2v) is 10.2. The maximum absolute atomic E-state index is 14.3. The Hall–Kier alpha value is -3.94. The summed E-state index contributed by atoms with van der Waals surface area (Å²) < 4.78 is 1.98. The molecule has 0 atom stereocenters. The molecule has 6 rings (SSSR count). The standard InChI is InChI=1S/C29H19BrN4OS/c30-21-12-13-25-27(15-21)36-29(33-25)34(18-19-7-6-14-31-17-19)28(35)23-16-26(20-8-2-1-3-9-20)32-24-11-5-4-10-22(23)24/h1-17H,18H2. The fourth-order valence-corrected chi connectivity index (χ4v) is 5.67. The summed E-state index contributed by atoms with van der Waals surface area (Å²) in [5.41, 5.74) is 4.85. The van der Waals surface area contributed by atoms with E-state index in [0.717, 1.165) is 42.4 Å². The van der Waals surface area contributed by atoms with Crippen molar-refractivity contribution in [2.24, 2.45) is 0 Å². The van der Waals surface area contributed by atoms with Crippen molar-refractivity contribution in [1.82, 2.24) is 15.0 Å². The van der Waals surface area contributed by atoms with Gasteiger partial charge in [0.2, 0.25) is 0 Å². The van der Waals surface area contributed by atoms with Crippen LogP contribution in [-0.4, -0.2) is 20.9 Å². The van der Waals surface area contributed by atoms with E-state index in [1.54, 1.807) is 17.3 Å². The van der Waals surface area contributed by atoms with Crippen LogP contribution < -0.4 is 4.90 Å². The van der Waals surface area contributed by atoms with Crippen molar-refractivity contribution in [2.75, 3.05) is 4.90 Å². The van der Waals surface area contributed by atoms with E-state index >= 15 is 0 Å². The molecule has 0 aliphatic carbocycles. The molecule has 1 amide bonds. The van der Waals surface area contributed by atoms with Crippen LogP contribution in [0.4, 0.5) is 5.13 Å². The van der Waals surface area contributed by atoms with Crippen molar-refractivity contribution in [3.05, 3.63) is 119 Å². The summed E-state index contributed by atoms with van der Waals surface area (Å²) in [6.07, 6.45) is 3.51. The number of rotatable bonds is 5. The van der Waals surface area contributed by atoms with Gasteiger partial charge in [0.25, 0.3) is 5.91 Å². The molecule has 0 N–H and O–H groups in total. The maximum Gasteiger partial charge on any atom is 0.261 e. The molecule has 36 heavy (non-hydrogen) atoms. The number of anilines is 1. The Labute approximate surface area is 220 Å². The molecule has 0 saturated heterocycles. The molecule has 5 nitrogen and oxygen atoms in total. The molecule has 3 heterocycles. The Morgan fingerprint density at radius 2 is 1.69 bits per heavy atom. The summed E-state index contributed by atoms with van der Waals surface area (Å²) in [5, 5.41) is 1.45. The first-order valence-corrected chi connectivity index (χ1v) is 13.0. The minimum Gasteiger partial charge on any atom is -0.279 e. The van der Waals surface area contributed by atoms with Gasteiger partial charge in [-0.3, -0.25) is 14.7 Å². The third-order valence-corrected chi connectivity index (χ3v) is 7.43. The van der Waals surface area contributed by atoms with Crippen molar-refractivity contribution in [3.63, 3.8) is 0 Å². The minimum atomic E-state index is -0.132. The van der Waals surface area contributed by atoms with Crippen molar-refractivity contribution in [2.45, 2.75) is 6.54 Å². The van der Waals surface area contributed by atoms with Crippen LogP contribution in [0, 0.1) is 0 Å². The van der Waals surface area contributed by atoms with E-state index in [-0.39, 0.29) is 5.91 Å². The average molecular weight is 551 g/mol. The number of carbonyl (C=O) groups excluding carboxylic acids is 1. The van der Waals surface area contributed by atoms with E-state index in [0.29, 0.717) is 17.2 Å². The first-order valence-electron chi connectivity index (χ1n) is 11.4. The van der Waals surface area contributed by atoms with Gasteiger partial charge in [-0.05, 0) is 42.0 Å². The minimum absolute atomic E-state index is 0.132. The monoisotopic (exact) mass is 550 g/mol. The number of para-hydroxylation sites is 1. The zero-order valence-electron chi connectivity index (χ0n) is 19.0. The summed E-state index contributed by atoms with van der Waals surface area (Å²) in [6.45, 7) is 0.352. The van der Waals surface area contributed by atoms with E-state index in [4.69, 9.17) is 9.97 Å². The molecule has 7 heteroatoms. The first kappa shape index (κ1) is 22.5. The Balaban J connectivity index is 1.52. The number of carbonyl (C=O) groups is 1. The molecule has 174 valence electrons. The van der Waals surface area contributed by atoms with E-state index in [1.165, 1.54) is 11.3 Å². The highest BCUT2D eigenvalue weighted by atomic mass is 79.9. The van der Waals surface area contributed by atoms with E-state index in [9.17, 15) is 4.79 Å². The van der Waals surface area contributed by atoms with Gasteiger partial charge in [0.15, 0.2) is 5.13 Å². The highest BCUT2D eigenvalue weighted by Gasteiger charge is 2.24. The number of aromatic nitrogens is 3. The lowest BCUT2D eigenvalue weighted by molar-refractivity contribution is 0.0986. The predicted molar refractivity (Wildman–Crippen MR) is 149 cm³/mol. The molecule has 0 bridgehead atoms. The molecule has 3 aromatic heterocycles. The van der Waals surface area contributed by atoms with Crippen LogP contribution in [0.25, 0.3) is 32.4 Å². The number of amides is 1.